The monoisotopic (exact) mass is 417 g/mol. The predicted octanol–water partition coefficient (Wildman–Crippen LogP) is 5.41. The number of halogens is 3. The van der Waals surface area contributed by atoms with Crippen molar-refractivity contribution in [3.63, 3.8) is 0 Å². The lowest BCUT2D eigenvalue weighted by atomic mass is 10.0. The molecule has 0 bridgehead atoms. The molecule has 0 radical (unpaired) electrons. The summed E-state index contributed by atoms with van der Waals surface area (Å²) in [6, 6.07) is 16.4. The Balaban J connectivity index is 1.62. The number of rotatable bonds is 8. The molecule has 2 aromatic carbocycles. The first kappa shape index (κ1) is 21.6. The first-order chi connectivity index (χ1) is 14.3. The van der Waals surface area contributed by atoms with Crippen molar-refractivity contribution in [3.8, 4) is 22.6 Å². The highest BCUT2D eigenvalue weighted by Gasteiger charge is 2.32. The summed E-state index contributed by atoms with van der Waals surface area (Å²) in [6.07, 6.45) is -1.23. The van der Waals surface area contributed by atoms with E-state index in [0.717, 1.165) is 5.56 Å². The Bertz CT molecular complexity index is 930. The summed E-state index contributed by atoms with van der Waals surface area (Å²) in [4.78, 5) is 4.05. The molecule has 1 N–H and O–H groups in total. The van der Waals surface area contributed by atoms with Crippen LogP contribution < -0.4 is 9.47 Å². The number of nitrogens with zero attached hydrogens (tertiary/aromatic N) is 1. The SMILES string of the molecule is C[C@H](Oc1ccc(-c2ccccc2OC(F)(F)F)cc1)[C@H](O)CCc1cccnc1. The molecule has 0 saturated heterocycles. The molecule has 2 atom stereocenters. The summed E-state index contributed by atoms with van der Waals surface area (Å²) < 4.78 is 47.8. The second-order valence-corrected chi connectivity index (χ2v) is 6.86. The minimum absolute atomic E-state index is 0.266. The Morgan fingerprint density at radius 3 is 2.40 bits per heavy atom. The Labute approximate surface area is 172 Å². The molecule has 158 valence electrons. The molecule has 1 heterocycles. The quantitative estimate of drug-likeness (QED) is 0.533. The molecular formula is C23H22F3NO3. The number of ether oxygens (including phenoxy) is 2. The summed E-state index contributed by atoms with van der Waals surface area (Å²) >= 11 is 0. The topological polar surface area (TPSA) is 51.6 Å². The van der Waals surface area contributed by atoms with Gasteiger partial charge in [0.05, 0.1) is 6.10 Å². The number of aliphatic hydroxyl groups is 1. The standard InChI is InChI=1S/C23H22F3NO3/c1-16(21(28)13-8-17-5-4-14-27-15-17)29-19-11-9-18(10-12-19)20-6-2-3-7-22(20)30-23(24,25)26/h2-7,9-12,14-16,21,28H,8,13H2,1H3/t16-,21+/m0/s1. The largest absolute Gasteiger partial charge is 0.573 e. The molecule has 3 aromatic rings. The van der Waals surface area contributed by atoms with Gasteiger partial charge in [0.1, 0.15) is 17.6 Å². The van der Waals surface area contributed by atoms with Gasteiger partial charge in [0.25, 0.3) is 0 Å². The van der Waals surface area contributed by atoms with Crippen LogP contribution in [-0.2, 0) is 6.42 Å². The average molecular weight is 417 g/mol. The van der Waals surface area contributed by atoms with Gasteiger partial charge >= 0.3 is 6.36 Å². The van der Waals surface area contributed by atoms with Crippen LogP contribution in [0.5, 0.6) is 11.5 Å². The molecule has 0 spiro atoms. The lowest BCUT2D eigenvalue weighted by Crippen LogP contribution is -2.29. The van der Waals surface area contributed by atoms with Crippen molar-refractivity contribution in [2.24, 2.45) is 0 Å². The van der Waals surface area contributed by atoms with E-state index in [-0.39, 0.29) is 5.75 Å². The molecule has 0 fully saturated rings. The fraction of sp³-hybridized carbons (Fsp3) is 0.261. The molecular weight excluding hydrogens is 395 g/mol. The van der Waals surface area contributed by atoms with Gasteiger partial charge in [-0.25, -0.2) is 0 Å². The number of para-hydroxylation sites is 1. The Kier molecular flexibility index (Phi) is 6.95. The number of hydrogen-bond acceptors (Lipinski definition) is 4. The van der Waals surface area contributed by atoms with Crippen LogP contribution in [0.1, 0.15) is 18.9 Å². The molecule has 0 aliphatic carbocycles. The number of alkyl halides is 3. The number of hydrogen-bond donors (Lipinski definition) is 1. The second-order valence-electron chi connectivity index (χ2n) is 6.86. The van der Waals surface area contributed by atoms with Gasteiger partial charge in [-0.15, -0.1) is 13.2 Å². The minimum Gasteiger partial charge on any atom is -0.488 e. The first-order valence-electron chi connectivity index (χ1n) is 9.50. The Hall–Kier alpha value is -3.06. The number of aliphatic hydroxyl groups excluding tert-OH is 1. The van der Waals surface area contributed by atoms with Crippen LogP contribution in [-0.4, -0.2) is 28.7 Å². The maximum atomic E-state index is 12.6. The van der Waals surface area contributed by atoms with E-state index in [2.05, 4.69) is 9.72 Å². The average Bonchev–Trinajstić information content (AvgIpc) is 2.72. The summed E-state index contributed by atoms with van der Waals surface area (Å²) in [6.45, 7) is 1.77. The zero-order valence-corrected chi connectivity index (χ0v) is 16.3. The van der Waals surface area contributed by atoms with Crippen LogP contribution in [0, 0.1) is 0 Å². The van der Waals surface area contributed by atoms with E-state index in [1.807, 2.05) is 12.1 Å². The molecule has 4 nitrogen and oxygen atoms in total. The summed E-state index contributed by atoms with van der Waals surface area (Å²) in [5, 5.41) is 10.3. The third kappa shape index (κ3) is 6.22. The molecule has 7 heteroatoms. The first-order valence-corrected chi connectivity index (χ1v) is 9.50. The van der Waals surface area contributed by atoms with E-state index in [1.54, 1.807) is 55.7 Å². The van der Waals surface area contributed by atoms with Gasteiger partial charge in [0, 0.05) is 18.0 Å². The van der Waals surface area contributed by atoms with Gasteiger partial charge in [0.15, 0.2) is 0 Å². The van der Waals surface area contributed by atoms with Crippen molar-refractivity contribution in [2.75, 3.05) is 0 Å². The zero-order valence-electron chi connectivity index (χ0n) is 16.3. The van der Waals surface area contributed by atoms with Crippen molar-refractivity contribution in [1.29, 1.82) is 0 Å². The Morgan fingerprint density at radius 2 is 1.73 bits per heavy atom. The summed E-state index contributed by atoms with van der Waals surface area (Å²) in [7, 11) is 0. The second kappa shape index (κ2) is 9.63. The Morgan fingerprint density at radius 1 is 1.00 bits per heavy atom. The zero-order chi connectivity index (χ0) is 21.6. The maximum Gasteiger partial charge on any atom is 0.573 e. The lowest BCUT2D eigenvalue weighted by Gasteiger charge is -2.21. The van der Waals surface area contributed by atoms with Gasteiger partial charge < -0.3 is 14.6 Å². The van der Waals surface area contributed by atoms with Crippen LogP contribution in [0.15, 0.2) is 73.1 Å². The van der Waals surface area contributed by atoms with Gasteiger partial charge in [-0.2, -0.15) is 0 Å². The molecule has 0 amide bonds. The van der Waals surface area contributed by atoms with Crippen molar-refractivity contribution in [1.82, 2.24) is 4.98 Å². The minimum atomic E-state index is -4.76. The molecule has 1 aromatic heterocycles. The van der Waals surface area contributed by atoms with Gasteiger partial charge in [-0.3, -0.25) is 4.98 Å². The normalized spacial score (nSPS) is 13.5. The van der Waals surface area contributed by atoms with Crippen molar-refractivity contribution in [3.05, 3.63) is 78.6 Å². The van der Waals surface area contributed by atoms with Crippen molar-refractivity contribution < 1.29 is 27.8 Å². The fourth-order valence-corrected chi connectivity index (χ4v) is 3.02. The highest BCUT2D eigenvalue weighted by Crippen LogP contribution is 2.34. The van der Waals surface area contributed by atoms with Crippen LogP contribution in [0.25, 0.3) is 11.1 Å². The lowest BCUT2D eigenvalue weighted by molar-refractivity contribution is -0.274. The van der Waals surface area contributed by atoms with Gasteiger partial charge in [-0.05, 0) is 55.2 Å². The van der Waals surface area contributed by atoms with Crippen LogP contribution in [0.4, 0.5) is 13.2 Å². The van der Waals surface area contributed by atoms with Crippen molar-refractivity contribution >= 4 is 0 Å². The predicted molar refractivity (Wildman–Crippen MR) is 107 cm³/mol. The van der Waals surface area contributed by atoms with Gasteiger partial charge in [-0.1, -0.05) is 36.4 Å². The van der Waals surface area contributed by atoms with E-state index >= 15 is 0 Å². The highest BCUT2D eigenvalue weighted by molar-refractivity contribution is 5.70. The van der Waals surface area contributed by atoms with E-state index in [1.165, 1.54) is 12.1 Å². The molecule has 0 unspecified atom stereocenters. The van der Waals surface area contributed by atoms with E-state index in [4.69, 9.17) is 4.74 Å². The number of aryl methyl sites for hydroxylation is 1. The number of benzene rings is 2. The third-order valence-corrected chi connectivity index (χ3v) is 4.59. The van der Waals surface area contributed by atoms with Crippen molar-refractivity contribution in [2.45, 2.75) is 38.3 Å². The van der Waals surface area contributed by atoms with Crippen LogP contribution in [0.3, 0.4) is 0 Å². The fourth-order valence-electron chi connectivity index (χ4n) is 3.02. The van der Waals surface area contributed by atoms with Gasteiger partial charge in [0.2, 0.25) is 0 Å². The van der Waals surface area contributed by atoms with Crippen LogP contribution >= 0.6 is 0 Å². The number of aromatic nitrogens is 1. The summed E-state index contributed by atoms with van der Waals surface area (Å²) in [5.74, 6) is 0.249. The van der Waals surface area contributed by atoms with Crippen LogP contribution in [0.2, 0.25) is 0 Å². The van der Waals surface area contributed by atoms with E-state index < -0.39 is 18.6 Å². The third-order valence-electron chi connectivity index (χ3n) is 4.59. The summed E-state index contributed by atoms with van der Waals surface area (Å²) in [5.41, 5.74) is 1.92. The smallest absolute Gasteiger partial charge is 0.488 e. The van der Waals surface area contributed by atoms with E-state index in [0.29, 0.717) is 29.7 Å². The highest BCUT2D eigenvalue weighted by atomic mass is 19.4. The number of pyridine rings is 1. The molecule has 3 rings (SSSR count). The molecule has 0 aliphatic rings. The molecule has 0 saturated carbocycles. The van der Waals surface area contributed by atoms with E-state index in [9.17, 15) is 18.3 Å². The molecule has 0 aliphatic heterocycles. The maximum absolute atomic E-state index is 12.6. The molecule has 30 heavy (non-hydrogen) atoms.